The second kappa shape index (κ2) is 8.43. The third-order valence-corrected chi connectivity index (χ3v) is 2.24. The summed E-state index contributed by atoms with van der Waals surface area (Å²) < 4.78 is 4.50. The number of ether oxygens (including phenoxy) is 1. The maximum Gasteiger partial charge on any atom is 1.00 e. The molecule has 0 unspecified atom stereocenters. The Bertz CT molecular complexity index is 448. The summed E-state index contributed by atoms with van der Waals surface area (Å²) in [6, 6.07) is 6.10. The van der Waals surface area contributed by atoms with Crippen molar-refractivity contribution in [3.05, 3.63) is 34.9 Å². The number of hydrogen-bond donors (Lipinski definition) is 0. The molecule has 0 aliphatic rings. The number of halogens is 1. The van der Waals surface area contributed by atoms with E-state index < -0.39 is 24.0 Å². The SMILES string of the molecule is CCOC(=O)C(=O)CC(=O)c1ccc(Cl)cc1.[H-].[Na+]. The minimum absolute atomic E-state index is 0. The van der Waals surface area contributed by atoms with E-state index >= 15 is 0 Å². The van der Waals surface area contributed by atoms with Crippen molar-refractivity contribution in [2.24, 2.45) is 0 Å². The zero-order valence-corrected chi connectivity index (χ0v) is 13.0. The average Bonchev–Trinajstić information content (AvgIpc) is 2.30. The molecule has 0 heterocycles. The third kappa shape index (κ3) is 5.31. The van der Waals surface area contributed by atoms with Crippen LogP contribution in [-0.4, -0.2) is 24.1 Å². The van der Waals surface area contributed by atoms with Gasteiger partial charge in [0, 0.05) is 10.6 Å². The number of carbonyl (C=O) groups excluding carboxylic acids is 3. The largest absolute Gasteiger partial charge is 1.00 e. The molecule has 0 saturated heterocycles. The van der Waals surface area contributed by atoms with Crippen LogP contribution in [0.5, 0.6) is 0 Å². The van der Waals surface area contributed by atoms with Crippen LogP contribution in [0, 0.1) is 0 Å². The number of ketones is 2. The van der Waals surface area contributed by atoms with Gasteiger partial charge < -0.3 is 6.16 Å². The van der Waals surface area contributed by atoms with Crippen LogP contribution in [0.4, 0.5) is 0 Å². The van der Waals surface area contributed by atoms with Crippen molar-refractivity contribution in [2.45, 2.75) is 13.3 Å². The van der Waals surface area contributed by atoms with E-state index in [9.17, 15) is 14.4 Å². The molecule has 0 aliphatic carbocycles. The van der Waals surface area contributed by atoms with Gasteiger partial charge in [0.1, 0.15) is 0 Å². The summed E-state index contributed by atoms with van der Waals surface area (Å²) in [6.07, 6.45) is -0.486. The molecule has 1 aromatic carbocycles. The number of carbonyl (C=O) groups is 3. The van der Waals surface area contributed by atoms with E-state index in [1.165, 1.54) is 12.1 Å². The number of hydrogen-bond acceptors (Lipinski definition) is 4. The first kappa shape index (κ1) is 17.3. The van der Waals surface area contributed by atoms with Gasteiger partial charge in [0.25, 0.3) is 0 Å². The van der Waals surface area contributed by atoms with Crippen LogP contribution in [0.15, 0.2) is 24.3 Å². The average molecular weight is 279 g/mol. The summed E-state index contributed by atoms with van der Waals surface area (Å²) in [4.78, 5) is 33.9. The number of esters is 1. The topological polar surface area (TPSA) is 60.4 Å². The van der Waals surface area contributed by atoms with Crippen LogP contribution in [-0.2, 0) is 14.3 Å². The molecule has 92 valence electrons. The van der Waals surface area contributed by atoms with Crippen molar-refractivity contribution >= 4 is 29.1 Å². The molecule has 1 aromatic rings. The summed E-state index contributed by atoms with van der Waals surface area (Å²) in [5.41, 5.74) is 0.340. The molecule has 6 heteroatoms. The van der Waals surface area contributed by atoms with E-state index in [0.717, 1.165) is 0 Å². The number of rotatable bonds is 5. The van der Waals surface area contributed by atoms with Crippen LogP contribution in [0.1, 0.15) is 25.1 Å². The Kier molecular flexibility index (Phi) is 8.11. The Balaban J connectivity index is 0. The molecule has 0 aliphatic heterocycles. The fraction of sp³-hybridized carbons (Fsp3) is 0.250. The third-order valence-electron chi connectivity index (χ3n) is 1.99. The van der Waals surface area contributed by atoms with E-state index in [2.05, 4.69) is 4.74 Å². The predicted octanol–water partition coefficient (Wildman–Crippen LogP) is -0.839. The summed E-state index contributed by atoms with van der Waals surface area (Å²) in [5.74, 6) is -2.25. The van der Waals surface area contributed by atoms with Gasteiger partial charge in [0.2, 0.25) is 5.78 Å². The monoisotopic (exact) mass is 278 g/mol. The first-order valence-corrected chi connectivity index (χ1v) is 5.41. The van der Waals surface area contributed by atoms with Crippen LogP contribution in [0.3, 0.4) is 0 Å². The van der Waals surface area contributed by atoms with Gasteiger partial charge in [-0.2, -0.15) is 0 Å². The summed E-state index contributed by atoms with van der Waals surface area (Å²) in [6.45, 7) is 1.70. The maximum absolute atomic E-state index is 11.6. The summed E-state index contributed by atoms with van der Waals surface area (Å²) in [7, 11) is 0. The van der Waals surface area contributed by atoms with Gasteiger partial charge in [0.05, 0.1) is 13.0 Å². The van der Waals surface area contributed by atoms with Gasteiger partial charge in [-0.3, -0.25) is 9.59 Å². The van der Waals surface area contributed by atoms with Crippen molar-refractivity contribution < 1.29 is 50.1 Å². The smallest absolute Gasteiger partial charge is 1.00 e. The van der Waals surface area contributed by atoms with Crippen LogP contribution < -0.4 is 29.6 Å². The van der Waals surface area contributed by atoms with E-state index in [0.29, 0.717) is 10.6 Å². The molecule has 0 radical (unpaired) electrons. The van der Waals surface area contributed by atoms with Crippen LogP contribution in [0.25, 0.3) is 0 Å². The van der Waals surface area contributed by atoms with E-state index in [4.69, 9.17) is 11.6 Å². The first-order chi connectivity index (χ1) is 8.04. The van der Waals surface area contributed by atoms with E-state index in [-0.39, 0.29) is 37.6 Å². The fourth-order valence-electron chi connectivity index (χ4n) is 1.17. The molecular formula is C12H12ClNaO4. The second-order valence-electron chi connectivity index (χ2n) is 3.25. The number of benzene rings is 1. The molecule has 0 aromatic heterocycles. The molecule has 0 spiro atoms. The Hall–Kier alpha value is -0.680. The van der Waals surface area contributed by atoms with E-state index in [1.54, 1.807) is 19.1 Å². The maximum atomic E-state index is 11.6. The van der Waals surface area contributed by atoms with Gasteiger partial charge in [0.15, 0.2) is 5.78 Å². The first-order valence-electron chi connectivity index (χ1n) is 5.03. The van der Waals surface area contributed by atoms with Crippen molar-refractivity contribution in [1.29, 1.82) is 0 Å². The Labute approximate surface area is 133 Å². The van der Waals surface area contributed by atoms with Crippen molar-refractivity contribution in [3.63, 3.8) is 0 Å². The Morgan fingerprint density at radius 1 is 1.22 bits per heavy atom. The van der Waals surface area contributed by atoms with Crippen molar-refractivity contribution in [1.82, 2.24) is 0 Å². The minimum Gasteiger partial charge on any atom is -1.00 e. The standard InChI is InChI=1S/C12H11ClO4.Na.H/c1-2-17-12(16)11(15)7-10(14)8-3-5-9(13)6-4-8;;/h3-6H,2,7H2,1H3;;/q;+1;-1. The predicted molar refractivity (Wildman–Crippen MR) is 63.2 cm³/mol. The van der Waals surface area contributed by atoms with Crippen LogP contribution in [0.2, 0.25) is 5.02 Å². The van der Waals surface area contributed by atoms with E-state index in [1.807, 2.05) is 0 Å². The molecule has 4 nitrogen and oxygen atoms in total. The molecule has 0 bridgehead atoms. The van der Waals surface area contributed by atoms with Gasteiger partial charge in [-0.15, -0.1) is 0 Å². The minimum atomic E-state index is -0.977. The van der Waals surface area contributed by atoms with Crippen molar-refractivity contribution in [3.8, 4) is 0 Å². The fourth-order valence-corrected chi connectivity index (χ4v) is 1.29. The molecule has 0 N–H and O–H groups in total. The quantitative estimate of drug-likeness (QED) is 0.232. The Morgan fingerprint density at radius 2 is 1.78 bits per heavy atom. The normalized spacial score (nSPS) is 9.22. The molecule has 0 atom stereocenters. The number of Topliss-reactive ketones (excluding diaryl/α,β-unsaturated/α-hetero) is 2. The molecule has 1 rings (SSSR count). The zero-order chi connectivity index (χ0) is 12.8. The van der Waals surface area contributed by atoms with Gasteiger partial charge in [-0.25, -0.2) is 4.79 Å². The second-order valence-corrected chi connectivity index (χ2v) is 3.69. The summed E-state index contributed by atoms with van der Waals surface area (Å²) in [5, 5.41) is 0.498. The zero-order valence-electron chi connectivity index (χ0n) is 11.2. The van der Waals surface area contributed by atoms with Gasteiger partial charge in [-0.05, 0) is 31.2 Å². The molecule has 0 fully saturated rings. The van der Waals surface area contributed by atoms with Crippen LogP contribution >= 0.6 is 11.6 Å². The molecule has 0 saturated carbocycles. The Morgan fingerprint density at radius 3 is 2.28 bits per heavy atom. The molecule has 18 heavy (non-hydrogen) atoms. The van der Waals surface area contributed by atoms with Crippen molar-refractivity contribution in [2.75, 3.05) is 6.61 Å². The van der Waals surface area contributed by atoms with Gasteiger partial charge in [-0.1, -0.05) is 11.6 Å². The van der Waals surface area contributed by atoms with Gasteiger partial charge >= 0.3 is 35.5 Å². The molecule has 0 amide bonds. The summed E-state index contributed by atoms with van der Waals surface area (Å²) >= 11 is 5.66. The molecular weight excluding hydrogens is 267 g/mol.